The van der Waals surface area contributed by atoms with Crippen LogP contribution in [0.5, 0.6) is 0 Å². The van der Waals surface area contributed by atoms with Crippen LogP contribution in [0.15, 0.2) is 35.3 Å². The molecule has 1 saturated heterocycles. The molecule has 6 nitrogen and oxygen atoms in total. The van der Waals surface area contributed by atoms with Crippen molar-refractivity contribution in [3.05, 3.63) is 36.0 Å². The largest absolute Gasteiger partial charge is 0.379 e. The van der Waals surface area contributed by atoms with Gasteiger partial charge in [0.25, 0.3) is 0 Å². The van der Waals surface area contributed by atoms with Crippen molar-refractivity contribution in [3.8, 4) is 0 Å². The second kappa shape index (κ2) is 9.85. The monoisotopic (exact) mass is 443 g/mol. The lowest BCUT2D eigenvalue weighted by molar-refractivity contribution is 0.0389. The summed E-state index contributed by atoms with van der Waals surface area (Å²) in [4.78, 5) is 10.1. The summed E-state index contributed by atoms with van der Waals surface area (Å²) in [5, 5.41) is 7.95. The molecule has 1 aromatic carbocycles. The van der Waals surface area contributed by atoms with Crippen LogP contribution in [0, 0.1) is 0 Å². The first-order valence-electron chi connectivity index (χ1n) is 8.16. The Morgan fingerprint density at radius 2 is 2.04 bits per heavy atom. The molecule has 1 aliphatic heterocycles. The topological polar surface area (TPSA) is 64.7 Å². The van der Waals surface area contributed by atoms with Crippen LogP contribution in [0.2, 0.25) is 0 Å². The van der Waals surface area contributed by atoms with Gasteiger partial charge < -0.3 is 20.4 Å². The number of aliphatic imine (C=N–C) groups is 1. The van der Waals surface area contributed by atoms with Gasteiger partial charge in [0.15, 0.2) is 5.96 Å². The van der Waals surface area contributed by atoms with Crippen molar-refractivity contribution in [2.45, 2.75) is 6.54 Å². The number of guanidine groups is 1. The Balaban J connectivity index is 0.00000208. The molecule has 2 aromatic rings. The molecule has 0 unspecified atom stereocenters. The fraction of sp³-hybridized carbons (Fsp3) is 0.471. The average Bonchev–Trinajstić information content (AvgIpc) is 3.01. The van der Waals surface area contributed by atoms with E-state index in [-0.39, 0.29) is 24.0 Å². The first-order chi connectivity index (χ1) is 11.3. The number of hydrogen-bond donors (Lipinski definition) is 3. The van der Waals surface area contributed by atoms with Gasteiger partial charge in [0.2, 0.25) is 0 Å². The zero-order valence-electron chi connectivity index (χ0n) is 14.0. The molecule has 1 fully saturated rings. The molecule has 0 spiro atoms. The Hall–Kier alpha value is -1.32. The molecular weight excluding hydrogens is 417 g/mol. The van der Waals surface area contributed by atoms with Crippen LogP contribution in [-0.4, -0.2) is 62.3 Å². The van der Waals surface area contributed by atoms with E-state index in [0.717, 1.165) is 57.6 Å². The third kappa shape index (κ3) is 5.35. The van der Waals surface area contributed by atoms with Gasteiger partial charge in [-0.1, -0.05) is 18.2 Å². The van der Waals surface area contributed by atoms with E-state index in [2.05, 4.69) is 49.8 Å². The summed E-state index contributed by atoms with van der Waals surface area (Å²) in [7, 11) is 1.80. The van der Waals surface area contributed by atoms with E-state index >= 15 is 0 Å². The van der Waals surface area contributed by atoms with Crippen LogP contribution in [0.3, 0.4) is 0 Å². The number of morpholine rings is 1. The minimum absolute atomic E-state index is 0. The molecule has 1 aromatic heterocycles. The van der Waals surface area contributed by atoms with Gasteiger partial charge in [-0.05, 0) is 17.5 Å². The molecule has 0 radical (unpaired) electrons. The number of para-hydroxylation sites is 1. The first-order valence-corrected chi connectivity index (χ1v) is 8.16. The van der Waals surface area contributed by atoms with Gasteiger partial charge in [-0.3, -0.25) is 9.89 Å². The highest BCUT2D eigenvalue weighted by Crippen LogP contribution is 2.14. The molecule has 24 heavy (non-hydrogen) atoms. The maximum Gasteiger partial charge on any atom is 0.191 e. The molecule has 3 rings (SSSR count). The van der Waals surface area contributed by atoms with E-state index in [9.17, 15) is 0 Å². The van der Waals surface area contributed by atoms with Crippen molar-refractivity contribution in [1.82, 2.24) is 20.5 Å². The summed E-state index contributed by atoms with van der Waals surface area (Å²) in [5.74, 6) is 0.830. The van der Waals surface area contributed by atoms with Crippen LogP contribution in [0.1, 0.15) is 5.69 Å². The van der Waals surface area contributed by atoms with Gasteiger partial charge in [-0.2, -0.15) is 0 Å². The lowest BCUT2D eigenvalue weighted by Gasteiger charge is -2.26. The predicted octanol–water partition coefficient (Wildman–Crippen LogP) is 1.78. The van der Waals surface area contributed by atoms with E-state index in [0.29, 0.717) is 0 Å². The van der Waals surface area contributed by atoms with Gasteiger partial charge in [-0.25, -0.2) is 0 Å². The minimum atomic E-state index is 0. The summed E-state index contributed by atoms with van der Waals surface area (Å²) in [6.45, 7) is 6.33. The fourth-order valence-electron chi connectivity index (χ4n) is 2.79. The summed E-state index contributed by atoms with van der Waals surface area (Å²) < 4.78 is 5.36. The molecule has 0 bridgehead atoms. The van der Waals surface area contributed by atoms with Crippen LogP contribution >= 0.6 is 24.0 Å². The fourth-order valence-corrected chi connectivity index (χ4v) is 2.79. The van der Waals surface area contributed by atoms with Gasteiger partial charge >= 0.3 is 0 Å². The van der Waals surface area contributed by atoms with Crippen molar-refractivity contribution in [3.63, 3.8) is 0 Å². The van der Waals surface area contributed by atoms with E-state index in [1.54, 1.807) is 7.05 Å². The standard InChI is InChI=1S/C17H25N5O.HI/c1-18-17(19-6-7-22-8-10-23-11-9-22)20-13-15-12-14-4-2-3-5-16(14)21-15;/h2-5,12,21H,6-11,13H2,1H3,(H2,18,19,20);1H. The quantitative estimate of drug-likeness (QED) is 0.375. The Labute approximate surface area is 160 Å². The van der Waals surface area contributed by atoms with Gasteiger partial charge in [-0.15, -0.1) is 24.0 Å². The van der Waals surface area contributed by atoms with E-state index in [1.807, 2.05) is 6.07 Å². The lowest BCUT2D eigenvalue weighted by atomic mass is 10.2. The van der Waals surface area contributed by atoms with Crippen LogP contribution in [-0.2, 0) is 11.3 Å². The molecule has 0 saturated carbocycles. The molecule has 7 heteroatoms. The van der Waals surface area contributed by atoms with E-state index < -0.39 is 0 Å². The first kappa shape index (κ1) is 19.0. The second-order valence-corrected chi connectivity index (χ2v) is 5.69. The normalized spacial score (nSPS) is 16.0. The maximum absolute atomic E-state index is 5.36. The number of ether oxygens (including phenoxy) is 1. The Morgan fingerprint density at radius 1 is 1.25 bits per heavy atom. The summed E-state index contributed by atoms with van der Waals surface area (Å²) >= 11 is 0. The highest BCUT2D eigenvalue weighted by Gasteiger charge is 2.09. The van der Waals surface area contributed by atoms with Crippen molar-refractivity contribution in [1.29, 1.82) is 0 Å². The van der Waals surface area contributed by atoms with Crippen molar-refractivity contribution < 1.29 is 4.74 Å². The van der Waals surface area contributed by atoms with Crippen LogP contribution in [0.25, 0.3) is 10.9 Å². The Kier molecular flexibility index (Phi) is 7.80. The number of aromatic nitrogens is 1. The second-order valence-electron chi connectivity index (χ2n) is 5.69. The molecule has 132 valence electrons. The van der Waals surface area contributed by atoms with Gasteiger partial charge in [0.05, 0.1) is 19.8 Å². The smallest absolute Gasteiger partial charge is 0.191 e. The number of nitrogens with one attached hydrogen (secondary N) is 3. The van der Waals surface area contributed by atoms with E-state index in [4.69, 9.17) is 4.74 Å². The van der Waals surface area contributed by atoms with E-state index in [1.165, 1.54) is 10.9 Å². The Morgan fingerprint density at radius 3 is 2.79 bits per heavy atom. The average molecular weight is 443 g/mol. The number of benzene rings is 1. The molecule has 0 aliphatic carbocycles. The highest BCUT2D eigenvalue weighted by atomic mass is 127. The van der Waals surface area contributed by atoms with Gasteiger partial charge in [0.1, 0.15) is 0 Å². The summed E-state index contributed by atoms with van der Waals surface area (Å²) in [6.07, 6.45) is 0. The predicted molar refractivity (Wildman–Crippen MR) is 109 cm³/mol. The number of aromatic amines is 1. The summed E-state index contributed by atoms with van der Waals surface area (Å²) in [5.41, 5.74) is 2.32. The molecule has 1 aliphatic rings. The zero-order chi connectivity index (χ0) is 15.9. The molecular formula is C17H26IN5O. The number of hydrogen-bond acceptors (Lipinski definition) is 3. The number of halogens is 1. The number of nitrogens with zero attached hydrogens (tertiary/aromatic N) is 2. The third-order valence-corrected chi connectivity index (χ3v) is 4.08. The highest BCUT2D eigenvalue weighted by molar-refractivity contribution is 14.0. The van der Waals surface area contributed by atoms with Crippen molar-refractivity contribution >= 4 is 40.8 Å². The molecule has 3 N–H and O–H groups in total. The Bertz CT molecular complexity index is 618. The van der Waals surface area contributed by atoms with Crippen LogP contribution in [0.4, 0.5) is 0 Å². The van der Waals surface area contributed by atoms with Crippen LogP contribution < -0.4 is 10.6 Å². The number of rotatable bonds is 5. The van der Waals surface area contributed by atoms with Crippen molar-refractivity contribution in [2.75, 3.05) is 46.4 Å². The molecule has 0 atom stereocenters. The van der Waals surface area contributed by atoms with Crippen molar-refractivity contribution in [2.24, 2.45) is 4.99 Å². The zero-order valence-corrected chi connectivity index (χ0v) is 16.4. The molecule has 2 heterocycles. The lowest BCUT2D eigenvalue weighted by Crippen LogP contribution is -2.44. The van der Waals surface area contributed by atoms with Gasteiger partial charge in [0, 0.05) is 44.4 Å². The SMILES string of the molecule is CN=C(NCCN1CCOCC1)NCc1cc2ccccc2[nH]1.I. The third-order valence-electron chi connectivity index (χ3n) is 4.08. The minimum Gasteiger partial charge on any atom is -0.379 e. The maximum atomic E-state index is 5.36. The summed E-state index contributed by atoms with van der Waals surface area (Å²) in [6, 6.07) is 10.5. The molecule has 0 amide bonds. The number of H-pyrrole nitrogens is 1. The number of fused-ring (bicyclic) bond motifs is 1.